The van der Waals surface area contributed by atoms with Gasteiger partial charge < -0.3 is 20.1 Å². The van der Waals surface area contributed by atoms with E-state index in [9.17, 15) is 4.79 Å². The van der Waals surface area contributed by atoms with Crippen molar-refractivity contribution < 1.29 is 4.79 Å². The average molecular weight is 460 g/mol. The van der Waals surface area contributed by atoms with Gasteiger partial charge in [0.05, 0.1) is 20.8 Å². The van der Waals surface area contributed by atoms with E-state index in [1.54, 1.807) is 11.3 Å². The third kappa shape index (κ3) is 4.00. The number of nitrogens with one attached hydrogen (secondary N) is 2. The Morgan fingerprint density at radius 1 is 1.15 bits per heavy atom. The van der Waals surface area contributed by atoms with Gasteiger partial charge in [0, 0.05) is 47.6 Å². The van der Waals surface area contributed by atoms with Crippen LogP contribution in [0.25, 0.3) is 21.1 Å². The minimum Gasteiger partial charge on any atom is -0.359 e. The third-order valence-electron chi connectivity index (χ3n) is 6.96. The maximum Gasteiger partial charge on any atom is 0.264 e. The van der Waals surface area contributed by atoms with Gasteiger partial charge in [-0.1, -0.05) is 0 Å². The summed E-state index contributed by atoms with van der Waals surface area (Å²) >= 11 is 1.55. The van der Waals surface area contributed by atoms with Gasteiger partial charge in [0.25, 0.3) is 5.91 Å². The van der Waals surface area contributed by atoms with E-state index in [-0.39, 0.29) is 5.91 Å². The van der Waals surface area contributed by atoms with Gasteiger partial charge in [-0.3, -0.25) is 9.78 Å². The van der Waals surface area contributed by atoms with Crippen LogP contribution in [0.3, 0.4) is 0 Å². The summed E-state index contributed by atoms with van der Waals surface area (Å²) in [5.41, 5.74) is 5.18. The Balaban J connectivity index is 1.25. The van der Waals surface area contributed by atoms with Crippen LogP contribution in [0.15, 0.2) is 42.6 Å². The molecule has 3 aromatic heterocycles. The zero-order chi connectivity index (χ0) is 22.4. The molecule has 170 valence electrons. The summed E-state index contributed by atoms with van der Waals surface area (Å²) in [6, 6.07) is 12.8. The smallest absolute Gasteiger partial charge is 0.264 e. The van der Waals surface area contributed by atoms with Gasteiger partial charge in [0.2, 0.25) is 0 Å². The molecular formula is C26H29N5OS. The van der Waals surface area contributed by atoms with Crippen molar-refractivity contribution in [1.29, 1.82) is 0 Å². The Morgan fingerprint density at radius 3 is 2.91 bits per heavy atom. The van der Waals surface area contributed by atoms with E-state index in [1.165, 1.54) is 31.3 Å². The number of likely N-dealkylation sites (tertiary alicyclic amines) is 2. The van der Waals surface area contributed by atoms with Crippen molar-refractivity contribution in [2.24, 2.45) is 0 Å². The topological polar surface area (TPSA) is 64.3 Å². The van der Waals surface area contributed by atoms with E-state index in [4.69, 9.17) is 0 Å². The Hall–Kier alpha value is -2.90. The van der Waals surface area contributed by atoms with Gasteiger partial charge in [-0.25, -0.2) is 0 Å². The lowest BCUT2D eigenvalue weighted by atomic mass is 10.2. The molecule has 0 saturated carbocycles. The molecule has 0 spiro atoms. The van der Waals surface area contributed by atoms with E-state index >= 15 is 0 Å². The van der Waals surface area contributed by atoms with Crippen molar-refractivity contribution in [3.05, 3.63) is 53.2 Å². The lowest BCUT2D eigenvalue weighted by Crippen LogP contribution is -2.42. The molecule has 5 heterocycles. The average Bonchev–Trinajstić information content (AvgIpc) is 3.60. The minimum atomic E-state index is 0.162. The van der Waals surface area contributed by atoms with E-state index in [1.807, 2.05) is 18.3 Å². The molecule has 33 heavy (non-hydrogen) atoms. The Bertz CT molecular complexity index is 1320. The highest BCUT2D eigenvalue weighted by molar-refractivity contribution is 7.21. The summed E-state index contributed by atoms with van der Waals surface area (Å²) in [7, 11) is 0. The van der Waals surface area contributed by atoms with Gasteiger partial charge in [0.15, 0.2) is 0 Å². The maximum absolute atomic E-state index is 13.5. The lowest BCUT2D eigenvalue weighted by Gasteiger charge is -2.28. The minimum absolute atomic E-state index is 0.162. The van der Waals surface area contributed by atoms with Crippen LogP contribution >= 0.6 is 11.3 Å². The van der Waals surface area contributed by atoms with Gasteiger partial charge in [-0.05, 0) is 82.1 Å². The first kappa shape index (κ1) is 20.7. The number of aromatic amines is 1. The highest BCUT2D eigenvalue weighted by atomic mass is 32.1. The zero-order valence-corrected chi connectivity index (χ0v) is 19.8. The lowest BCUT2D eigenvalue weighted by molar-refractivity contribution is 0.0713. The largest absolute Gasteiger partial charge is 0.359 e. The number of carbonyl (C=O) groups excluding carboxylic acids is 1. The number of carbonyl (C=O) groups is 1. The summed E-state index contributed by atoms with van der Waals surface area (Å²) in [4.78, 5) is 26.8. The van der Waals surface area contributed by atoms with Gasteiger partial charge >= 0.3 is 0 Å². The third-order valence-corrected chi connectivity index (χ3v) is 8.11. The van der Waals surface area contributed by atoms with Crippen molar-refractivity contribution in [3.8, 4) is 0 Å². The summed E-state index contributed by atoms with van der Waals surface area (Å²) in [5, 5.41) is 4.74. The van der Waals surface area contributed by atoms with E-state index in [0.717, 1.165) is 63.6 Å². The second-order valence-corrected chi connectivity index (χ2v) is 10.4. The predicted molar refractivity (Wildman–Crippen MR) is 136 cm³/mol. The number of H-pyrrole nitrogens is 1. The van der Waals surface area contributed by atoms with E-state index in [0.29, 0.717) is 6.04 Å². The molecule has 0 aliphatic carbocycles. The number of amides is 1. The van der Waals surface area contributed by atoms with Crippen molar-refractivity contribution in [3.63, 3.8) is 0 Å². The first-order valence-corrected chi connectivity index (χ1v) is 12.7. The SMILES string of the molecule is Cc1cc2cc(Nc3ccnc4cc(C(=O)N5CCC[C@@H]5CN5CCCC5)sc34)ccc2[nH]1. The number of pyridine rings is 1. The quantitative estimate of drug-likeness (QED) is 0.412. The number of nitrogens with zero attached hydrogens (tertiary/aromatic N) is 3. The van der Waals surface area contributed by atoms with E-state index < -0.39 is 0 Å². The fourth-order valence-corrected chi connectivity index (χ4v) is 6.39. The molecule has 2 fully saturated rings. The van der Waals surface area contributed by atoms with Crippen molar-refractivity contribution >= 4 is 49.7 Å². The Kier molecular flexibility index (Phi) is 5.31. The Labute approximate surface area is 197 Å². The molecule has 6 nitrogen and oxygen atoms in total. The molecule has 1 amide bonds. The number of thiophene rings is 1. The summed E-state index contributed by atoms with van der Waals surface area (Å²) in [6.45, 7) is 6.30. The normalized spacial score (nSPS) is 19.2. The number of rotatable bonds is 5. The molecule has 0 radical (unpaired) electrons. The number of fused-ring (bicyclic) bond motifs is 2. The van der Waals surface area contributed by atoms with Crippen LogP contribution in [-0.2, 0) is 0 Å². The number of hydrogen-bond donors (Lipinski definition) is 2. The van der Waals surface area contributed by atoms with Crippen LogP contribution in [-0.4, -0.2) is 57.9 Å². The Morgan fingerprint density at radius 2 is 2.03 bits per heavy atom. The summed E-state index contributed by atoms with van der Waals surface area (Å²) in [5.74, 6) is 0.162. The summed E-state index contributed by atoms with van der Waals surface area (Å²) < 4.78 is 1.03. The van der Waals surface area contributed by atoms with Crippen LogP contribution in [0.2, 0.25) is 0 Å². The second kappa shape index (κ2) is 8.47. The first-order chi connectivity index (χ1) is 16.1. The van der Waals surface area contributed by atoms with Crippen molar-refractivity contribution in [1.82, 2.24) is 19.8 Å². The summed E-state index contributed by atoms with van der Waals surface area (Å²) in [6.07, 6.45) is 6.60. The molecule has 1 aromatic carbocycles. The highest BCUT2D eigenvalue weighted by Crippen LogP contribution is 2.35. The van der Waals surface area contributed by atoms with Gasteiger partial charge in [-0.15, -0.1) is 11.3 Å². The molecule has 6 rings (SSSR count). The first-order valence-electron chi connectivity index (χ1n) is 11.9. The van der Waals surface area contributed by atoms with Crippen molar-refractivity contribution in [2.75, 3.05) is 31.5 Å². The molecule has 4 aromatic rings. The number of benzene rings is 1. The number of hydrogen-bond acceptors (Lipinski definition) is 5. The molecule has 1 atom stereocenters. The monoisotopic (exact) mass is 459 g/mol. The molecular weight excluding hydrogens is 430 g/mol. The fourth-order valence-electron chi connectivity index (χ4n) is 5.35. The number of aryl methyl sites for hydroxylation is 1. The van der Waals surface area contributed by atoms with Crippen LogP contribution in [0.5, 0.6) is 0 Å². The van der Waals surface area contributed by atoms with Crippen LogP contribution < -0.4 is 5.32 Å². The highest BCUT2D eigenvalue weighted by Gasteiger charge is 2.32. The van der Waals surface area contributed by atoms with Crippen molar-refractivity contribution in [2.45, 2.75) is 38.6 Å². The fraction of sp³-hybridized carbons (Fsp3) is 0.385. The molecule has 0 unspecified atom stereocenters. The predicted octanol–water partition coefficient (Wildman–Crippen LogP) is 5.53. The number of aromatic nitrogens is 2. The van der Waals surface area contributed by atoms with E-state index in [2.05, 4.69) is 56.3 Å². The molecule has 2 saturated heterocycles. The van der Waals surface area contributed by atoms with Crippen LogP contribution in [0, 0.1) is 6.92 Å². The molecule has 2 aliphatic rings. The number of anilines is 2. The van der Waals surface area contributed by atoms with Crippen LogP contribution in [0.1, 0.15) is 41.0 Å². The second-order valence-electron chi connectivity index (χ2n) is 9.37. The molecule has 7 heteroatoms. The zero-order valence-electron chi connectivity index (χ0n) is 18.9. The van der Waals surface area contributed by atoms with Crippen LogP contribution in [0.4, 0.5) is 11.4 Å². The molecule has 0 bridgehead atoms. The van der Waals surface area contributed by atoms with Gasteiger partial charge in [0.1, 0.15) is 0 Å². The van der Waals surface area contributed by atoms with Gasteiger partial charge in [-0.2, -0.15) is 0 Å². The molecule has 2 N–H and O–H groups in total. The standard InChI is InChI=1S/C26H29N5OS/c1-17-13-18-14-19(6-7-21(18)28-17)29-22-8-9-27-23-15-24(33-25(22)23)26(32)31-12-4-5-20(31)16-30-10-2-3-11-30/h6-9,13-15,20,28H,2-5,10-12,16H2,1H3,(H,27,29)/t20-/m1/s1. The molecule has 2 aliphatic heterocycles. The maximum atomic E-state index is 13.5.